The molecule has 1 aliphatic heterocycles. The Bertz CT molecular complexity index is 1190. The third-order valence-electron chi connectivity index (χ3n) is 7.29. The van der Waals surface area contributed by atoms with E-state index in [1.807, 2.05) is 0 Å². The molecule has 0 radical (unpaired) electrons. The Balaban J connectivity index is 1.71. The number of rotatable bonds is 5. The van der Waals surface area contributed by atoms with Gasteiger partial charge in [0.15, 0.2) is 0 Å². The molecule has 170 valence electrons. The lowest BCUT2D eigenvalue weighted by Crippen LogP contribution is -2.45. The van der Waals surface area contributed by atoms with E-state index in [0.29, 0.717) is 5.92 Å². The maximum Gasteiger partial charge on any atom is 0.136 e. The van der Waals surface area contributed by atoms with Crippen molar-refractivity contribution in [3.63, 3.8) is 0 Å². The lowest BCUT2D eigenvalue weighted by atomic mass is 9.77. The first kappa shape index (κ1) is 21.9. The van der Waals surface area contributed by atoms with Crippen LogP contribution < -0.4 is 0 Å². The van der Waals surface area contributed by atoms with Crippen LogP contribution in [-0.2, 0) is 16.8 Å². The molecule has 0 amide bonds. The molecule has 33 heavy (non-hydrogen) atoms. The number of hydrogen-bond acceptors (Lipinski definition) is 2. The van der Waals surface area contributed by atoms with E-state index in [1.165, 1.54) is 38.7 Å². The number of aryl methyl sites for hydroxylation is 2. The van der Waals surface area contributed by atoms with Crippen molar-refractivity contribution in [2.45, 2.75) is 52.0 Å². The maximum atomic E-state index is 7.16. The fourth-order valence-corrected chi connectivity index (χ4v) is 5.51. The summed E-state index contributed by atoms with van der Waals surface area (Å²) in [6, 6.07) is 26.6. The molecule has 5 rings (SSSR count). The highest BCUT2D eigenvalue weighted by Gasteiger charge is 2.54. The summed E-state index contributed by atoms with van der Waals surface area (Å²) in [5, 5.41) is 1.29. The number of benzene rings is 3. The summed E-state index contributed by atoms with van der Waals surface area (Å²) in [7, 11) is 2.23. The first-order chi connectivity index (χ1) is 15.9. The first-order valence-corrected chi connectivity index (χ1v) is 12.0. The van der Waals surface area contributed by atoms with Crippen molar-refractivity contribution in [2.24, 2.45) is 5.92 Å². The van der Waals surface area contributed by atoms with E-state index >= 15 is 0 Å². The van der Waals surface area contributed by atoms with E-state index in [-0.39, 0.29) is 12.3 Å². The first-order valence-electron chi connectivity index (χ1n) is 12.0. The Morgan fingerprint density at radius 3 is 2.03 bits per heavy atom. The summed E-state index contributed by atoms with van der Waals surface area (Å²) in [5.74, 6) is 0.373. The van der Waals surface area contributed by atoms with Crippen LogP contribution in [-0.4, -0.2) is 29.2 Å². The molecule has 0 aliphatic carbocycles. The van der Waals surface area contributed by atoms with E-state index in [2.05, 4.69) is 124 Å². The molecule has 4 aromatic rings. The van der Waals surface area contributed by atoms with Crippen LogP contribution in [0, 0.1) is 19.8 Å². The summed E-state index contributed by atoms with van der Waals surface area (Å²) >= 11 is 0. The molecular formula is C30H34N2O. The number of nitrogens with one attached hydrogen (secondary N) is 1. The van der Waals surface area contributed by atoms with Crippen molar-refractivity contribution in [3.8, 4) is 0 Å². The SMILES string of the molecule is Cc1ccc(C2(c3ccc(C)cc3)O[C@@H](C(C)C)N(C)[C@H]2Cc2c[nH]c3ccccc23)cc1. The topological polar surface area (TPSA) is 28.3 Å². The molecule has 2 atom stereocenters. The van der Waals surface area contributed by atoms with E-state index in [1.54, 1.807) is 0 Å². The predicted octanol–water partition coefficient (Wildman–Crippen LogP) is 6.58. The number of hydrogen-bond donors (Lipinski definition) is 1. The Labute approximate surface area is 197 Å². The zero-order valence-electron chi connectivity index (χ0n) is 20.3. The van der Waals surface area contributed by atoms with Crippen molar-refractivity contribution in [1.29, 1.82) is 0 Å². The highest BCUT2D eigenvalue weighted by atomic mass is 16.5. The van der Waals surface area contributed by atoms with Crippen LogP contribution in [0.1, 0.15) is 41.7 Å². The lowest BCUT2D eigenvalue weighted by molar-refractivity contribution is -0.0608. The van der Waals surface area contributed by atoms with Gasteiger partial charge in [0, 0.05) is 17.1 Å². The van der Waals surface area contributed by atoms with Gasteiger partial charge in [-0.15, -0.1) is 0 Å². The van der Waals surface area contributed by atoms with E-state index in [0.717, 1.165) is 6.42 Å². The van der Waals surface area contributed by atoms with Crippen molar-refractivity contribution < 1.29 is 4.74 Å². The van der Waals surface area contributed by atoms with Gasteiger partial charge in [-0.05, 0) is 56.0 Å². The zero-order chi connectivity index (χ0) is 23.2. The monoisotopic (exact) mass is 438 g/mol. The van der Waals surface area contributed by atoms with Gasteiger partial charge in [0.05, 0.1) is 6.04 Å². The molecule has 1 aromatic heterocycles. The van der Waals surface area contributed by atoms with Gasteiger partial charge >= 0.3 is 0 Å². The number of aromatic nitrogens is 1. The van der Waals surface area contributed by atoms with Gasteiger partial charge in [-0.2, -0.15) is 0 Å². The fraction of sp³-hybridized carbons (Fsp3) is 0.333. The minimum Gasteiger partial charge on any atom is -0.361 e. The second kappa shape index (κ2) is 8.48. The Morgan fingerprint density at radius 1 is 0.879 bits per heavy atom. The molecular weight excluding hydrogens is 404 g/mol. The van der Waals surface area contributed by atoms with Crippen molar-refractivity contribution in [3.05, 3.63) is 107 Å². The number of aromatic amines is 1. The molecule has 3 aromatic carbocycles. The summed E-state index contributed by atoms with van der Waals surface area (Å²) in [6.07, 6.45) is 3.10. The molecule has 0 unspecified atom stereocenters. The van der Waals surface area contributed by atoms with E-state index in [9.17, 15) is 0 Å². The van der Waals surface area contributed by atoms with Gasteiger partial charge in [0.1, 0.15) is 11.8 Å². The molecule has 0 spiro atoms. The molecule has 2 heterocycles. The van der Waals surface area contributed by atoms with Crippen LogP contribution in [0.2, 0.25) is 0 Å². The quantitative estimate of drug-likeness (QED) is 0.381. The van der Waals surface area contributed by atoms with Crippen LogP contribution in [0.3, 0.4) is 0 Å². The molecule has 0 saturated carbocycles. The number of nitrogens with zero attached hydrogens (tertiary/aromatic N) is 1. The number of ether oxygens (including phenoxy) is 1. The normalized spacial score (nSPS) is 20.7. The van der Waals surface area contributed by atoms with Gasteiger partial charge in [-0.3, -0.25) is 4.90 Å². The van der Waals surface area contributed by atoms with Gasteiger partial charge in [-0.1, -0.05) is 91.7 Å². The summed E-state index contributed by atoms with van der Waals surface area (Å²) < 4.78 is 7.16. The lowest BCUT2D eigenvalue weighted by Gasteiger charge is -2.37. The highest BCUT2D eigenvalue weighted by molar-refractivity contribution is 5.83. The van der Waals surface area contributed by atoms with Crippen LogP contribution >= 0.6 is 0 Å². The second-order valence-electron chi connectivity index (χ2n) is 9.97. The maximum absolute atomic E-state index is 7.16. The number of H-pyrrole nitrogens is 1. The molecule has 3 heteroatoms. The number of likely N-dealkylation sites (N-methyl/N-ethyl adjacent to an activating group) is 1. The molecule has 3 nitrogen and oxygen atoms in total. The fourth-order valence-electron chi connectivity index (χ4n) is 5.51. The molecule has 1 aliphatic rings. The minimum atomic E-state index is -0.552. The average molecular weight is 439 g/mol. The summed E-state index contributed by atoms with van der Waals surface area (Å²) in [4.78, 5) is 5.94. The van der Waals surface area contributed by atoms with Crippen molar-refractivity contribution in [2.75, 3.05) is 7.05 Å². The Kier molecular flexibility index (Phi) is 5.64. The number of para-hydroxylation sites is 1. The summed E-state index contributed by atoms with van der Waals surface area (Å²) in [6.45, 7) is 8.79. The third-order valence-corrected chi connectivity index (χ3v) is 7.29. The van der Waals surface area contributed by atoms with Crippen LogP contribution in [0.25, 0.3) is 10.9 Å². The molecule has 1 N–H and O–H groups in total. The van der Waals surface area contributed by atoms with Crippen LogP contribution in [0.4, 0.5) is 0 Å². The second-order valence-corrected chi connectivity index (χ2v) is 9.97. The molecule has 0 bridgehead atoms. The Morgan fingerprint density at radius 2 is 1.45 bits per heavy atom. The standard InChI is InChI=1S/C30H34N2O/c1-20(2)29-32(5)28(18-23-19-31-27-9-7-6-8-26(23)27)30(33-29,24-14-10-21(3)11-15-24)25-16-12-22(4)13-17-25/h6-17,19-20,28-29,31H,18H2,1-5H3/t28-,29-/m0/s1. The van der Waals surface area contributed by atoms with Crippen molar-refractivity contribution >= 4 is 10.9 Å². The van der Waals surface area contributed by atoms with E-state index < -0.39 is 5.60 Å². The summed E-state index contributed by atoms with van der Waals surface area (Å²) in [5.41, 5.74) is 6.93. The zero-order valence-corrected chi connectivity index (χ0v) is 20.3. The third kappa shape index (κ3) is 3.70. The Hall–Kier alpha value is -2.88. The smallest absolute Gasteiger partial charge is 0.136 e. The molecule has 1 fully saturated rings. The largest absolute Gasteiger partial charge is 0.361 e. The minimum absolute atomic E-state index is 0.0304. The van der Waals surface area contributed by atoms with Gasteiger partial charge in [0.25, 0.3) is 0 Å². The average Bonchev–Trinajstić information content (AvgIpc) is 3.35. The predicted molar refractivity (Wildman–Crippen MR) is 136 cm³/mol. The van der Waals surface area contributed by atoms with Gasteiger partial charge in [0.2, 0.25) is 0 Å². The van der Waals surface area contributed by atoms with Crippen LogP contribution in [0.15, 0.2) is 79.0 Å². The van der Waals surface area contributed by atoms with E-state index in [4.69, 9.17) is 4.74 Å². The van der Waals surface area contributed by atoms with Crippen LogP contribution in [0.5, 0.6) is 0 Å². The van der Waals surface area contributed by atoms with Gasteiger partial charge in [-0.25, -0.2) is 0 Å². The number of fused-ring (bicyclic) bond motifs is 1. The molecule has 1 saturated heterocycles. The van der Waals surface area contributed by atoms with Crippen molar-refractivity contribution in [1.82, 2.24) is 9.88 Å². The van der Waals surface area contributed by atoms with Gasteiger partial charge < -0.3 is 9.72 Å². The highest BCUT2D eigenvalue weighted by Crippen LogP contribution is 2.48.